The minimum atomic E-state index is -1.05. The summed E-state index contributed by atoms with van der Waals surface area (Å²) >= 11 is 1.47. The van der Waals surface area contributed by atoms with E-state index >= 15 is 0 Å². The monoisotopic (exact) mass is 290 g/mol. The third-order valence-corrected chi connectivity index (χ3v) is 4.23. The van der Waals surface area contributed by atoms with Crippen LogP contribution >= 0.6 is 11.8 Å². The van der Waals surface area contributed by atoms with Crippen molar-refractivity contribution in [2.75, 3.05) is 12.4 Å². The van der Waals surface area contributed by atoms with Crippen molar-refractivity contribution in [3.63, 3.8) is 0 Å². The van der Waals surface area contributed by atoms with Gasteiger partial charge in [-0.2, -0.15) is 0 Å². The van der Waals surface area contributed by atoms with Gasteiger partial charge < -0.3 is 14.3 Å². The highest BCUT2D eigenvalue weighted by atomic mass is 32.2. The van der Waals surface area contributed by atoms with Gasteiger partial charge in [0.15, 0.2) is 5.09 Å². The highest BCUT2D eigenvalue weighted by Crippen LogP contribution is 2.32. The van der Waals surface area contributed by atoms with Crippen molar-refractivity contribution in [1.29, 1.82) is 0 Å². The van der Waals surface area contributed by atoms with E-state index in [2.05, 4.69) is 12.1 Å². The molecule has 0 bridgehead atoms. The fourth-order valence-corrected chi connectivity index (χ4v) is 3.19. The third-order valence-electron chi connectivity index (χ3n) is 3.26. The van der Waals surface area contributed by atoms with Crippen molar-refractivity contribution < 1.29 is 19.1 Å². The van der Waals surface area contributed by atoms with Crippen molar-refractivity contribution in [2.45, 2.75) is 17.6 Å². The van der Waals surface area contributed by atoms with Crippen LogP contribution in [0.1, 0.15) is 27.8 Å². The Morgan fingerprint density at radius 1 is 1.30 bits per heavy atom. The molecule has 0 saturated carbocycles. The molecule has 5 heteroatoms. The molecule has 104 valence electrons. The molecule has 0 fully saturated rings. The maximum atomic E-state index is 10.8. The summed E-state index contributed by atoms with van der Waals surface area (Å²) < 4.78 is 11.0. The van der Waals surface area contributed by atoms with Crippen molar-refractivity contribution >= 4 is 17.7 Å². The van der Waals surface area contributed by atoms with Gasteiger partial charge in [-0.05, 0) is 29.7 Å². The zero-order chi connectivity index (χ0) is 13.9. The van der Waals surface area contributed by atoms with E-state index in [-0.39, 0.29) is 11.9 Å². The summed E-state index contributed by atoms with van der Waals surface area (Å²) in [5, 5.41) is 9.42. The Hall–Kier alpha value is -1.72. The Kier molecular flexibility index (Phi) is 3.80. The molecule has 0 radical (unpaired) electrons. The number of furan rings is 1. The molecule has 0 saturated heterocycles. The van der Waals surface area contributed by atoms with Crippen LogP contribution in [0.25, 0.3) is 0 Å². The van der Waals surface area contributed by atoms with Gasteiger partial charge in [0.1, 0.15) is 0 Å². The van der Waals surface area contributed by atoms with Crippen LogP contribution in [0.5, 0.6) is 0 Å². The standard InChI is InChI=1S/C15H14O4S/c16-15(17)12-5-6-14(19-12)20-9-13-11-4-2-1-3-10(11)7-8-18-13/h1-6,13H,7-9H2,(H,16,17). The van der Waals surface area contributed by atoms with E-state index in [1.165, 1.54) is 29.0 Å². The van der Waals surface area contributed by atoms with Crippen molar-refractivity contribution in [3.05, 3.63) is 53.3 Å². The van der Waals surface area contributed by atoms with Gasteiger partial charge in [0.05, 0.1) is 12.7 Å². The first kappa shape index (κ1) is 13.3. The molecule has 1 atom stereocenters. The van der Waals surface area contributed by atoms with Crippen molar-refractivity contribution in [2.24, 2.45) is 0 Å². The molecule has 2 aromatic rings. The molecular weight excluding hydrogens is 276 g/mol. The molecular formula is C15H14O4S. The summed E-state index contributed by atoms with van der Waals surface area (Å²) in [6, 6.07) is 11.4. The van der Waals surface area contributed by atoms with Crippen LogP contribution in [0.3, 0.4) is 0 Å². The molecule has 1 N–H and O–H groups in total. The van der Waals surface area contributed by atoms with Gasteiger partial charge in [0.2, 0.25) is 5.76 Å². The third kappa shape index (κ3) is 2.73. The molecule has 0 amide bonds. The first-order valence-corrected chi connectivity index (χ1v) is 7.38. The number of carbonyl (C=O) groups is 1. The predicted molar refractivity (Wildman–Crippen MR) is 75.2 cm³/mol. The van der Waals surface area contributed by atoms with Crippen LogP contribution in [0.4, 0.5) is 0 Å². The molecule has 3 rings (SSSR count). The molecule has 0 spiro atoms. The number of benzene rings is 1. The molecule has 20 heavy (non-hydrogen) atoms. The number of ether oxygens (including phenoxy) is 1. The van der Waals surface area contributed by atoms with Gasteiger partial charge >= 0.3 is 5.97 Å². The zero-order valence-corrected chi connectivity index (χ0v) is 11.6. The molecule has 4 nitrogen and oxygen atoms in total. The van der Waals surface area contributed by atoms with Crippen LogP contribution in [0, 0.1) is 0 Å². The fourth-order valence-electron chi connectivity index (χ4n) is 2.29. The second-order valence-electron chi connectivity index (χ2n) is 4.54. The van der Waals surface area contributed by atoms with Gasteiger partial charge in [-0.15, -0.1) is 0 Å². The highest BCUT2D eigenvalue weighted by Gasteiger charge is 2.21. The second kappa shape index (κ2) is 5.73. The van der Waals surface area contributed by atoms with Gasteiger partial charge in [-0.25, -0.2) is 4.79 Å². The van der Waals surface area contributed by atoms with Gasteiger partial charge in [0.25, 0.3) is 0 Å². The Morgan fingerprint density at radius 3 is 2.95 bits per heavy atom. The lowest BCUT2D eigenvalue weighted by Gasteiger charge is -2.25. The van der Waals surface area contributed by atoms with Crippen molar-refractivity contribution in [1.82, 2.24) is 0 Å². The summed E-state index contributed by atoms with van der Waals surface area (Å²) in [7, 11) is 0. The Morgan fingerprint density at radius 2 is 2.15 bits per heavy atom. The zero-order valence-electron chi connectivity index (χ0n) is 10.7. The quantitative estimate of drug-likeness (QED) is 0.875. The number of hydrogen-bond donors (Lipinski definition) is 1. The number of fused-ring (bicyclic) bond motifs is 1. The SMILES string of the molecule is O=C(O)c1ccc(SCC2OCCc3ccccc32)o1. The molecule has 1 aliphatic rings. The minimum absolute atomic E-state index is 0.0301. The minimum Gasteiger partial charge on any atom is -0.475 e. The number of hydrogen-bond acceptors (Lipinski definition) is 4. The molecule has 1 aliphatic heterocycles. The van der Waals surface area contributed by atoms with Crippen LogP contribution in [0.15, 0.2) is 45.9 Å². The van der Waals surface area contributed by atoms with E-state index in [0.29, 0.717) is 10.8 Å². The summed E-state index contributed by atoms with van der Waals surface area (Å²) in [5.74, 6) is -0.364. The lowest BCUT2D eigenvalue weighted by molar-refractivity contribution is 0.0587. The first-order valence-electron chi connectivity index (χ1n) is 6.39. The van der Waals surface area contributed by atoms with Crippen LogP contribution in [-0.2, 0) is 11.2 Å². The number of rotatable bonds is 4. The summed E-state index contributed by atoms with van der Waals surface area (Å²) in [6.07, 6.45) is 0.977. The second-order valence-corrected chi connectivity index (χ2v) is 5.57. The lowest BCUT2D eigenvalue weighted by atomic mass is 9.99. The Balaban J connectivity index is 1.68. The number of aromatic carboxylic acids is 1. The normalized spacial score (nSPS) is 17.7. The van der Waals surface area contributed by atoms with Crippen LogP contribution in [-0.4, -0.2) is 23.4 Å². The molecule has 1 aromatic heterocycles. The van der Waals surface area contributed by atoms with Gasteiger partial charge in [-0.3, -0.25) is 0 Å². The number of carboxylic acid groups (broad SMARTS) is 1. The molecule has 0 aliphatic carbocycles. The largest absolute Gasteiger partial charge is 0.475 e. The summed E-state index contributed by atoms with van der Waals surface area (Å²) in [4.78, 5) is 10.8. The average Bonchev–Trinajstić information content (AvgIpc) is 2.94. The first-order chi connectivity index (χ1) is 9.74. The topological polar surface area (TPSA) is 59.7 Å². The molecule has 1 unspecified atom stereocenters. The van der Waals surface area contributed by atoms with E-state index in [4.69, 9.17) is 14.3 Å². The maximum Gasteiger partial charge on any atom is 0.371 e. The van der Waals surface area contributed by atoms with Gasteiger partial charge in [-0.1, -0.05) is 36.0 Å². The van der Waals surface area contributed by atoms with Crippen LogP contribution in [0.2, 0.25) is 0 Å². The molecule has 2 heterocycles. The highest BCUT2D eigenvalue weighted by molar-refractivity contribution is 7.99. The van der Waals surface area contributed by atoms with E-state index in [0.717, 1.165) is 13.0 Å². The van der Waals surface area contributed by atoms with E-state index in [9.17, 15) is 4.79 Å². The Labute approximate surface area is 120 Å². The van der Waals surface area contributed by atoms with E-state index < -0.39 is 5.97 Å². The molecule has 1 aromatic carbocycles. The van der Waals surface area contributed by atoms with Crippen LogP contribution < -0.4 is 0 Å². The van der Waals surface area contributed by atoms with Gasteiger partial charge in [0, 0.05) is 5.75 Å². The smallest absolute Gasteiger partial charge is 0.371 e. The number of thioether (sulfide) groups is 1. The fraction of sp³-hybridized carbons (Fsp3) is 0.267. The Bertz CT molecular complexity index is 620. The number of carboxylic acids is 1. The predicted octanol–water partition coefficient (Wildman–Crippen LogP) is 3.38. The maximum absolute atomic E-state index is 10.8. The van der Waals surface area contributed by atoms with E-state index in [1.54, 1.807) is 6.07 Å². The lowest BCUT2D eigenvalue weighted by Crippen LogP contribution is -2.17. The summed E-state index contributed by atoms with van der Waals surface area (Å²) in [5.41, 5.74) is 2.55. The summed E-state index contributed by atoms with van der Waals surface area (Å²) in [6.45, 7) is 0.723. The van der Waals surface area contributed by atoms with E-state index in [1.807, 2.05) is 12.1 Å². The van der Waals surface area contributed by atoms with Crippen molar-refractivity contribution in [3.8, 4) is 0 Å². The average molecular weight is 290 g/mol.